The summed E-state index contributed by atoms with van der Waals surface area (Å²) in [5.41, 5.74) is 6.20. The second kappa shape index (κ2) is 11.7. The summed E-state index contributed by atoms with van der Waals surface area (Å²) in [6.07, 6.45) is 0. The summed E-state index contributed by atoms with van der Waals surface area (Å²) in [4.78, 5) is 25.5. The first kappa shape index (κ1) is 20.5. The quantitative estimate of drug-likeness (QED) is 0.373. The van der Waals surface area contributed by atoms with Crippen molar-refractivity contribution < 1.29 is 28.5 Å². The number of nitrogens with zero attached hydrogens (tertiary/aromatic N) is 1. The Kier molecular flexibility index (Phi) is 9.22. The van der Waals surface area contributed by atoms with Crippen LogP contribution in [0.1, 0.15) is 20.7 Å². The molecule has 1 aromatic carbocycles. The number of imide groups is 1. The van der Waals surface area contributed by atoms with Crippen molar-refractivity contribution >= 4 is 11.8 Å². The fraction of sp³-hybridized carbons (Fsp3) is 0.556. The predicted octanol–water partition coefficient (Wildman–Crippen LogP) is 0.308. The number of hydrogen-bond acceptors (Lipinski definition) is 7. The van der Waals surface area contributed by atoms with Crippen molar-refractivity contribution in [2.75, 3.05) is 65.9 Å². The molecule has 0 aromatic heterocycles. The van der Waals surface area contributed by atoms with Crippen LogP contribution in [-0.4, -0.2) is 82.7 Å². The van der Waals surface area contributed by atoms with E-state index in [0.29, 0.717) is 63.9 Å². The fourth-order valence-electron chi connectivity index (χ4n) is 2.44. The standard InChI is InChI=1S/C18H26N2O6/c19-5-7-23-9-11-25-13-14-26-12-10-24-8-6-20-17(21)15-3-1-2-4-16(15)18(20)22/h1-4H,5-14,19H2. The Morgan fingerprint density at radius 3 is 1.58 bits per heavy atom. The first-order chi connectivity index (χ1) is 12.8. The van der Waals surface area contributed by atoms with Crippen LogP contribution in [0.2, 0.25) is 0 Å². The molecule has 1 aliphatic heterocycles. The van der Waals surface area contributed by atoms with E-state index in [2.05, 4.69) is 0 Å². The Morgan fingerprint density at radius 1 is 0.692 bits per heavy atom. The monoisotopic (exact) mass is 366 g/mol. The van der Waals surface area contributed by atoms with E-state index in [1.165, 1.54) is 4.90 Å². The predicted molar refractivity (Wildman–Crippen MR) is 94.1 cm³/mol. The summed E-state index contributed by atoms with van der Waals surface area (Å²) in [7, 11) is 0. The molecule has 0 fully saturated rings. The maximum atomic E-state index is 12.2. The molecule has 1 aromatic rings. The number of benzene rings is 1. The van der Waals surface area contributed by atoms with Crippen molar-refractivity contribution in [2.45, 2.75) is 0 Å². The van der Waals surface area contributed by atoms with Gasteiger partial charge in [-0.15, -0.1) is 0 Å². The Labute approximate surface area is 153 Å². The highest BCUT2D eigenvalue weighted by Gasteiger charge is 2.34. The van der Waals surface area contributed by atoms with Gasteiger partial charge in [0, 0.05) is 6.54 Å². The Balaban J connectivity index is 1.46. The van der Waals surface area contributed by atoms with E-state index in [1.807, 2.05) is 0 Å². The summed E-state index contributed by atoms with van der Waals surface area (Å²) in [6.45, 7) is 4.38. The zero-order valence-electron chi connectivity index (χ0n) is 14.9. The molecule has 1 aliphatic rings. The van der Waals surface area contributed by atoms with E-state index < -0.39 is 0 Å². The lowest BCUT2D eigenvalue weighted by atomic mass is 10.1. The fourth-order valence-corrected chi connectivity index (χ4v) is 2.44. The minimum absolute atomic E-state index is 0.234. The summed E-state index contributed by atoms with van der Waals surface area (Å²) in [5.74, 6) is -0.531. The molecular weight excluding hydrogens is 340 g/mol. The molecule has 26 heavy (non-hydrogen) atoms. The molecule has 0 radical (unpaired) electrons. The van der Waals surface area contributed by atoms with Gasteiger partial charge in [0.15, 0.2) is 0 Å². The van der Waals surface area contributed by atoms with Gasteiger partial charge in [0.1, 0.15) is 0 Å². The highest BCUT2D eigenvalue weighted by atomic mass is 16.6. The molecule has 144 valence electrons. The number of fused-ring (bicyclic) bond motifs is 1. The van der Waals surface area contributed by atoms with Crippen LogP contribution in [0.25, 0.3) is 0 Å². The Bertz CT molecular complexity index is 546. The molecule has 0 aliphatic carbocycles. The van der Waals surface area contributed by atoms with Crippen LogP contribution in [0.3, 0.4) is 0 Å². The number of carbonyl (C=O) groups is 2. The minimum atomic E-state index is -0.266. The molecule has 0 bridgehead atoms. The van der Waals surface area contributed by atoms with E-state index >= 15 is 0 Å². The van der Waals surface area contributed by atoms with Crippen molar-refractivity contribution in [2.24, 2.45) is 5.73 Å². The SMILES string of the molecule is NCCOCCOCCOCCOCCN1C(=O)c2ccccc2C1=O. The molecular formula is C18H26N2O6. The third-order valence-electron chi connectivity index (χ3n) is 3.72. The smallest absolute Gasteiger partial charge is 0.261 e. The summed E-state index contributed by atoms with van der Waals surface area (Å²) >= 11 is 0. The number of nitrogens with two attached hydrogens (primary N) is 1. The molecule has 2 N–H and O–H groups in total. The highest BCUT2D eigenvalue weighted by Crippen LogP contribution is 2.21. The first-order valence-electron chi connectivity index (χ1n) is 8.72. The number of ether oxygens (including phenoxy) is 4. The molecule has 1 heterocycles. The van der Waals surface area contributed by atoms with Crippen molar-refractivity contribution in [3.63, 3.8) is 0 Å². The van der Waals surface area contributed by atoms with Crippen LogP contribution >= 0.6 is 0 Å². The van der Waals surface area contributed by atoms with Crippen LogP contribution in [0.5, 0.6) is 0 Å². The molecule has 0 saturated carbocycles. The van der Waals surface area contributed by atoms with Crippen LogP contribution in [0.15, 0.2) is 24.3 Å². The van der Waals surface area contributed by atoms with Gasteiger partial charge in [0.25, 0.3) is 11.8 Å². The van der Waals surface area contributed by atoms with Gasteiger partial charge in [0.05, 0.1) is 70.5 Å². The van der Waals surface area contributed by atoms with Gasteiger partial charge in [-0.05, 0) is 12.1 Å². The summed E-state index contributed by atoms with van der Waals surface area (Å²) in [6, 6.07) is 6.82. The summed E-state index contributed by atoms with van der Waals surface area (Å²) < 4.78 is 21.3. The Morgan fingerprint density at radius 2 is 1.12 bits per heavy atom. The van der Waals surface area contributed by atoms with Crippen LogP contribution < -0.4 is 5.73 Å². The largest absolute Gasteiger partial charge is 0.378 e. The second-order valence-electron chi connectivity index (χ2n) is 5.55. The number of amides is 2. The maximum Gasteiger partial charge on any atom is 0.261 e. The lowest BCUT2D eigenvalue weighted by Gasteiger charge is -2.13. The Hall–Kier alpha value is -1.84. The van der Waals surface area contributed by atoms with E-state index in [4.69, 9.17) is 24.7 Å². The van der Waals surface area contributed by atoms with Crippen molar-refractivity contribution in [1.82, 2.24) is 4.90 Å². The third kappa shape index (κ3) is 6.15. The molecule has 8 nitrogen and oxygen atoms in total. The molecule has 8 heteroatoms. The first-order valence-corrected chi connectivity index (χ1v) is 8.72. The lowest BCUT2D eigenvalue weighted by Crippen LogP contribution is -2.33. The van der Waals surface area contributed by atoms with Gasteiger partial charge in [-0.1, -0.05) is 12.1 Å². The molecule has 0 spiro atoms. The van der Waals surface area contributed by atoms with Crippen molar-refractivity contribution in [1.29, 1.82) is 0 Å². The highest BCUT2D eigenvalue weighted by molar-refractivity contribution is 6.21. The van der Waals surface area contributed by atoms with E-state index in [-0.39, 0.29) is 25.0 Å². The second-order valence-corrected chi connectivity index (χ2v) is 5.55. The van der Waals surface area contributed by atoms with Crippen LogP contribution in [0, 0.1) is 0 Å². The van der Waals surface area contributed by atoms with Gasteiger partial charge in [-0.25, -0.2) is 0 Å². The maximum absolute atomic E-state index is 12.2. The molecule has 0 unspecified atom stereocenters. The summed E-state index contributed by atoms with van der Waals surface area (Å²) in [5, 5.41) is 0. The minimum Gasteiger partial charge on any atom is -0.378 e. The average molecular weight is 366 g/mol. The van der Waals surface area contributed by atoms with Gasteiger partial charge in [0.2, 0.25) is 0 Å². The molecule has 0 atom stereocenters. The molecule has 0 saturated heterocycles. The van der Waals surface area contributed by atoms with Gasteiger partial charge in [-0.3, -0.25) is 14.5 Å². The lowest BCUT2D eigenvalue weighted by molar-refractivity contribution is -0.00248. The van der Waals surface area contributed by atoms with E-state index in [1.54, 1.807) is 24.3 Å². The zero-order valence-corrected chi connectivity index (χ0v) is 14.9. The van der Waals surface area contributed by atoms with E-state index in [9.17, 15) is 9.59 Å². The van der Waals surface area contributed by atoms with Gasteiger partial charge < -0.3 is 24.7 Å². The van der Waals surface area contributed by atoms with Crippen molar-refractivity contribution in [3.8, 4) is 0 Å². The number of rotatable bonds is 14. The number of hydrogen-bond donors (Lipinski definition) is 1. The average Bonchev–Trinajstić information content (AvgIpc) is 2.90. The van der Waals surface area contributed by atoms with Gasteiger partial charge in [-0.2, -0.15) is 0 Å². The van der Waals surface area contributed by atoms with Crippen molar-refractivity contribution in [3.05, 3.63) is 35.4 Å². The topological polar surface area (TPSA) is 100 Å². The van der Waals surface area contributed by atoms with Crippen LogP contribution in [0.4, 0.5) is 0 Å². The zero-order chi connectivity index (χ0) is 18.6. The van der Waals surface area contributed by atoms with Crippen LogP contribution in [-0.2, 0) is 18.9 Å². The van der Waals surface area contributed by atoms with E-state index in [0.717, 1.165) is 0 Å². The van der Waals surface area contributed by atoms with Gasteiger partial charge >= 0.3 is 0 Å². The molecule has 2 amide bonds. The number of carbonyl (C=O) groups excluding carboxylic acids is 2. The molecule has 2 rings (SSSR count). The normalized spacial score (nSPS) is 13.5. The third-order valence-corrected chi connectivity index (χ3v) is 3.72.